The second-order valence-electron chi connectivity index (χ2n) is 3.90. The highest BCUT2D eigenvalue weighted by molar-refractivity contribution is 7.15. The van der Waals surface area contributed by atoms with E-state index in [1.807, 2.05) is 0 Å². The molecule has 2 unspecified atom stereocenters. The number of rotatable bonds is 4. The van der Waals surface area contributed by atoms with Gasteiger partial charge in [-0.1, -0.05) is 11.6 Å². The van der Waals surface area contributed by atoms with Crippen molar-refractivity contribution in [3.8, 4) is 0 Å². The second kappa shape index (κ2) is 5.30. The number of thiazole rings is 1. The first-order chi connectivity index (χ1) is 8.13. The summed E-state index contributed by atoms with van der Waals surface area (Å²) in [5, 5.41) is 0.796. The van der Waals surface area contributed by atoms with Crippen LogP contribution < -0.4 is 5.73 Å². The van der Waals surface area contributed by atoms with E-state index < -0.39 is 0 Å². The molecule has 1 fully saturated rings. The summed E-state index contributed by atoms with van der Waals surface area (Å²) >= 11 is 7.23. The molecular weight excluding hydrogens is 262 g/mol. The molecule has 2 rings (SSSR count). The van der Waals surface area contributed by atoms with Crippen molar-refractivity contribution in [2.45, 2.75) is 18.5 Å². The van der Waals surface area contributed by atoms with Gasteiger partial charge in [0.2, 0.25) is 5.91 Å². The quantitative estimate of drug-likeness (QED) is 0.892. The SMILES string of the molecule is COCCN1C(=O)CC(N)C1c1ncc(Cl)s1. The van der Waals surface area contributed by atoms with Crippen LogP contribution in [0.25, 0.3) is 0 Å². The van der Waals surface area contributed by atoms with Crippen molar-refractivity contribution in [3.63, 3.8) is 0 Å². The Morgan fingerprint density at radius 2 is 2.53 bits per heavy atom. The molecule has 1 aromatic rings. The largest absolute Gasteiger partial charge is 0.383 e. The molecule has 0 spiro atoms. The number of methoxy groups -OCH3 is 1. The van der Waals surface area contributed by atoms with Crippen LogP contribution in [0.15, 0.2) is 6.20 Å². The van der Waals surface area contributed by atoms with E-state index in [9.17, 15) is 4.79 Å². The number of amides is 1. The molecule has 1 aliphatic heterocycles. The minimum atomic E-state index is -0.221. The van der Waals surface area contributed by atoms with Crippen LogP contribution in [-0.4, -0.2) is 42.1 Å². The van der Waals surface area contributed by atoms with Crippen LogP contribution in [-0.2, 0) is 9.53 Å². The summed E-state index contributed by atoms with van der Waals surface area (Å²) in [5.74, 6) is 0.0471. The summed E-state index contributed by atoms with van der Waals surface area (Å²) in [4.78, 5) is 17.8. The van der Waals surface area contributed by atoms with E-state index in [0.29, 0.717) is 23.9 Å². The monoisotopic (exact) mass is 275 g/mol. The Morgan fingerprint density at radius 1 is 1.76 bits per heavy atom. The molecule has 7 heteroatoms. The Morgan fingerprint density at radius 3 is 3.12 bits per heavy atom. The number of hydrogen-bond acceptors (Lipinski definition) is 5. The Hall–Kier alpha value is -0.690. The van der Waals surface area contributed by atoms with Crippen molar-refractivity contribution in [1.29, 1.82) is 0 Å². The molecule has 0 saturated carbocycles. The molecule has 5 nitrogen and oxygen atoms in total. The molecule has 1 aromatic heterocycles. The lowest BCUT2D eigenvalue weighted by Crippen LogP contribution is -2.35. The van der Waals surface area contributed by atoms with Crippen LogP contribution >= 0.6 is 22.9 Å². The molecule has 1 aliphatic rings. The summed E-state index contributed by atoms with van der Waals surface area (Å²) in [5.41, 5.74) is 5.99. The molecule has 1 saturated heterocycles. The van der Waals surface area contributed by atoms with Gasteiger partial charge in [0.05, 0.1) is 18.8 Å². The van der Waals surface area contributed by atoms with E-state index in [-0.39, 0.29) is 18.0 Å². The van der Waals surface area contributed by atoms with Gasteiger partial charge in [0.15, 0.2) is 0 Å². The van der Waals surface area contributed by atoms with Crippen LogP contribution in [0.2, 0.25) is 4.34 Å². The minimum absolute atomic E-state index is 0.0471. The number of hydrogen-bond donors (Lipinski definition) is 1. The molecular formula is C10H14ClN3O2S. The average Bonchev–Trinajstić information content (AvgIpc) is 2.80. The second-order valence-corrected chi connectivity index (χ2v) is 5.59. The topological polar surface area (TPSA) is 68.5 Å². The molecule has 2 heterocycles. The normalized spacial score (nSPS) is 24.6. The fraction of sp³-hybridized carbons (Fsp3) is 0.600. The Balaban J connectivity index is 2.19. The fourth-order valence-corrected chi connectivity index (χ4v) is 3.11. The van der Waals surface area contributed by atoms with Crippen molar-refractivity contribution in [1.82, 2.24) is 9.88 Å². The fourth-order valence-electron chi connectivity index (χ4n) is 1.99. The van der Waals surface area contributed by atoms with Gasteiger partial charge in [-0.05, 0) is 0 Å². The molecule has 17 heavy (non-hydrogen) atoms. The minimum Gasteiger partial charge on any atom is -0.383 e. The zero-order valence-electron chi connectivity index (χ0n) is 9.43. The highest BCUT2D eigenvalue weighted by atomic mass is 35.5. The van der Waals surface area contributed by atoms with E-state index in [1.54, 1.807) is 18.2 Å². The third-order valence-electron chi connectivity index (χ3n) is 2.76. The van der Waals surface area contributed by atoms with Crippen molar-refractivity contribution >= 4 is 28.8 Å². The lowest BCUT2D eigenvalue weighted by Gasteiger charge is -2.24. The maximum Gasteiger partial charge on any atom is 0.224 e. The number of carbonyl (C=O) groups is 1. The van der Waals surface area contributed by atoms with Gasteiger partial charge in [0, 0.05) is 26.1 Å². The first kappa shape index (κ1) is 12.8. The highest BCUT2D eigenvalue weighted by Gasteiger charge is 2.39. The molecule has 2 atom stereocenters. The Kier molecular flexibility index (Phi) is 3.98. The summed E-state index contributed by atoms with van der Waals surface area (Å²) in [6.07, 6.45) is 1.94. The third-order valence-corrected chi connectivity index (χ3v) is 3.94. The molecule has 0 aliphatic carbocycles. The molecule has 1 amide bonds. The predicted molar refractivity (Wildman–Crippen MR) is 66.0 cm³/mol. The van der Waals surface area contributed by atoms with Gasteiger partial charge in [-0.15, -0.1) is 11.3 Å². The smallest absolute Gasteiger partial charge is 0.224 e. The molecule has 0 bridgehead atoms. The number of carbonyl (C=O) groups excluding carboxylic acids is 1. The van der Waals surface area contributed by atoms with Crippen molar-refractivity contribution in [3.05, 3.63) is 15.5 Å². The maximum atomic E-state index is 11.8. The van der Waals surface area contributed by atoms with Crippen LogP contribution in [0.1, 0.15) is 17.5 Å². The van der Waals surface area contributed by atoms with Crippen LogP contribution in [0.5, 0.6) is 0 Å². The van der Waals surface area contributed by atoms with Gasteiger partial charge in [0.1, 0.15) is 9.34 Å². The van der Waals surface area contributed by atoms with Crippen molar-refractivity contribution in [2.24, 2.45) is 5.73 Å². The standard InChI is InChI=1S/C10H14ClN3O2S/c1-16-3-2-14-8(15)4-6(12)9(14)10-13-5-7(11)17-10/h5-6,9H,2-4,12H2,1H3. The van der Waals surface area contributed by atoms with Gasteiger partial charge in [-0.3, -0.25) is 4.79 Å². The number of nitrogens with two attached hydrogens (primary N) is 1. The van der Waals surface area contributed by atoms with Gasteiger partial charge < -0.3 is 15.4 Å². The third kappa shape index (κ3) is 2.60. The number of aromatic nitrogens is 1. The summed E-state index contributed by atoms with van der Waals surface area (Å²) in [7, 11) is 1.61. The number of ether oxygens (including phenoxy) is 1. The number of nitrogens with zero attached hydrogens (tertiary/aromatic N) is 2. The highest BCUT2D eigenvalue weighted by Crippen LogP contribution is 2.35. The number of likely N-dealkylation sites (tertiary alicyclic amines) is 1. The summed E-state index contributed by atoms with van der Waals surface area (Å²) < 4.78 is 5.61. The summed E-state index contributed by atoms with van der Waals surface area (Å²) in [6, 6.07) is -0.392. The zero-order valence-corrected chi connectivity index (χ0v) is 11.0. The van der Waals surface area contributed by atoms with Crippen LogP contribution in [0.3, 0.4) is 0 Å². The van der Waals surface area contributed by atoms with E-state index in [2.05, 4.69) is 4.98 Å². The molecule has 0 radical (unpaired) electrons. The first-order valence-corrected chi connectivity index (χ1v) is 6.48. The predicted octanol–water partition coefficient (Wildman–Crippen LogP) is 1.04. The van der Waals surface area contributed by atoms with Gasteiger partial charge >= 0.3 is 0 Å². The van der Waals surface area contributed by atoms with E-state index in [4.69, 9.17) is 22.1 Å². The van der Waals surface area contributed by atoms with Crippen LogP contribution in [0.4, 0.5) is 0 Å². The van der Waals surface area contributed by atoms with Gasteiger partial charge in [0.25, 0.3) is 0 Å². The zero-order chi connectivity index (χ0) is 12.4. The maximum absolute atomic E-state index is 11.8. The van der Waals surface area contributed by atoms with Gasteiger partial charge in [-0.2, -0.15) is 0 Å². The molecule has 0 aromatic carbocycles. The van der Waals surface area contributed by atoms with Crippen molar-refractivity contribution < 1.29 is 9.53 Å². The first-order valence-electron chi connectivity index (χ1n) is 5.28. The van der Waals surface area contributed by atoms with E-state index in [1.165, 1.54) is 11.3 Å². The summed E-state index contributed by atoms with van der Waals surface area (Å²) in [6.45, 7) is 1.03. The van der Waals surface area contributed by atoms with E-state index in [0.717, 1.165) is 5.01 Å². The number of halogens is 1. The van der Waals surface area contributed by atoms with Crippen molar-refractivity contribution in [2.75, 3.05) is 20.3 Å². The molecule has 2 N–H and O–H groups in total. The molecule has 94 valence electrons. The lowest BCUT2D eigenvalue weighted by atomic mass is 10.1. The van der Waals surface area contributed by atoms with E-state index >= 15 is 0 Å². The average molecular weight is 276 g/mol. The lowest BCUT2D eigenvalue weighted by molar-refractivity contribution is -0.129. The van der Waals surface area contributed by atoms with Crippen LogP contribution in [0, 0.1) is 0 Å². The Labute approximate surface area is 109 Å². The Bertz CT molecular complexity index is 412. The van der Waals surface area contributed by atoms with Gasteiger partial charge in [-0.25, -0.2) is 4.98 Å².